The molecular weight excluding hydrogens is 314 g/mol. The Hall–Kier alpha value is -2.15. The molecule has 6 nitrogen and oxygen atoms in total. The molecule has 1 aliphatic carbocycles. The van der Waals surface area contributed by atoms with Gasteiger partial charge >= 0.3 is 0 Å². The molecule has 0 atom stereocenters. The summed E-state index contributed by atoms with van der Waals surface area (Å²) in [4.78, 5) is 26.9. The van der Waals surface area contributed by atoms with Crippen LogP contribution in [-0.2, 0) is 4.79 Å². The minimum Gasteiger partial charge on any atom is -0.429 e. The van der Waals surface area contributed by atoms with Gasteiger partial charge in [-0.2, -0.15) is 0 Å². The SMILES string of the molecule is O=C(NCCCNC(=O)C1CCC1)c1ccc2[nH]c(=S)oc2c1. The molecule has 1 aliphatic rings. The zero-order valence-corrected chi connectivity index (χ0v) is 13.5. The average Bonchev–Trinajstić information content (AvgIpc) is 2.83. The molecule has 23 heavy (non-hydrogen) atoms. The van der Waals surface area contributed by atoms with Gasteiger partial charge in [-0.3, -0.25) is 9.59 Å². The van der Waals surface area contributed by atoms with Crippen molar-refractivity contribution in [3.63, 3.8) is 0 Å². The number of amides is 2. The standard InChI is InChI=1S/C16H19N3O3S/c20-14(10-3-1-4-10)17-7-2-8-18-15(21)11-5-6-12-13(9-11)22-16(23)19-12/h5-6,9-10H,1-4,7-8H2,(H,17,20)(H,18,21)(H,19,23). The predicted molar refractivity (Wildman–Crippen MR) is 88.7 cm³/mol. The Labute approximate surface area is 138 Å². The number of fused-ring (bicyclic) bond motifs is 1. The monoisotopic (exact) mass is 333 g/mol. The van der Waals surface area contributed by atoms with E-state index in [0.717, 1.165) is 24.8 Å². The molecule has 1 aromatic heterocycles. The summed E-state index contributed by atoms with van der Waals surface area (Å²) < 4.78 is 5.30. The quantitative estimate of drug-likeness (QED) is 0.560. The molecule has 0 aliphatic heterocycles. The minimum absolute atomic E-state index is 0.141. The van der Waals surface area contributed by atoms with E-state index >= 15 is 0 Å². The minimum atomic E-state index is -0.167. The third-order valence-electron chi connectivity index (χ3n) is 4.10. The number of rotatable bonds is 6. The number of aromatic nitrogens is 1. The van der Waals surface area contributed by atoms with E-state index in [4.69, 9.17) is 16.6 Å². The highest BCUT2D eigenvalue weighted by atomic mass is 32.1. The molecule has 122 valence electrons. The molecule has 0 bridgehead atoms. The summed E-state index contributed by atoms with van der Waals surface area (Å²) in [5, 5.41) is 5.74. The summed E-state index contributed by atoms with van der Waals surface area (Å²) in [6, 6.07) is 5.15. The summed E-state index contributed by atoms with van der Waals surface area (Å²) in [7, 11) is 0. The van der Waals surface area contributed by atoms with Gasteiger partial charge in [-0.25, -0.2) is 0 Å². The summed E-state index contributed by atoms with van der Waals surface area (Å²) in [5.41, 5.74) is 1.86. The summed E-state index contributed by atoms with van der Waals surface area (Å²) in [5.74, 6) is 0.178. The third-order valence-corrected chi connectivity index (χ3v) is 4.28. The van der Waals surface area contributed by atoms with Gasteiger partial charge in [0.05, 0.1) is 5.52 Å². The lowest BCUT2D eigenvalue weighted by Crippen LogP contribution is -2.36. The second-order valence-electron chi connectivity index (χ2n) is 5.75. The van der Waals surface area contributed by atoms with E-state index in [0.29, 0.717) is 35.5 Å². The van der Waals surface area contributed by atoms with Crippen LogP contribution in [0, 0.1) is 10.8 Å². The van der Waals surface area contributed by atoms with E-state index in [1.54, 1.807) is 18.2 Å². The zero-order valence-electron chi connectivity index (χ0n) is 12.7. The third kappa shape index (κ3) is 3.79. The van der Waals surface area contributed by atoms with Gasteiger partial charge in [-0.1, -0.05) is 6.42 Å². The number of hydrogen-bond donors (Lipinski definition) is 3. The van der Waals surface area contributed by atoms with Crippen LogP contribution in [0.1, 0.15) is 36.0 Å². The van der Waals surface area contributed by atoms with Crippen molar-refractivity contribution in [2.75, 3.05) is 13.1 Å². The zero-order chi connectivity index (χ0) is 16.2. The van der Waals surface area contributed by atoms with Crippen molar-refractivity contribution < 1.29 is 14.0 Å². The van der Waals surface area contributed by atoms with Crippen LogP contribution in [0.15, 0.2) is 22.6 Å². The first kappa shape index (κ1) is 15.7. The fourth-order valence-electron chi connectivity index (χ4n) is 2.51. The maximum absolute atomic E-state index is 12.1. The van der Waals surface area contributed by atoms with Crippen LogP contribution in [0.2, 0.25) is 0 Å². The molecule has 1 fully saturated rings. The van der Waals surface area contributed by atoms with Crippen LogP contribution in [-0.4, -0.2) is 29.9 Å². The lowest BCUT2D eigenvalue weighted by molar-refractivity contribution is -0.127. The molecule has 0 radical (unpaired) electrons. The fraction of sp³-hybridized carbons (Fsp3) is 0.438. The maximum Gasteiger partial charge on any atom is 0.266 e. The Balaban J connectivity index is 1.43. The van der Waals surface area contributed by atoms with E-state index in [9.17, 15) is 9.59 Å². The lowest BCUT2D eigenvalue weighted by atomic mass is 9.85. The van der Waals surface area contributed by atoms with Crippen molar-refractivity contribution in [1.29, 1.82) is 0 Å². The van der Waals surface area contributed by atoms with Crippen molar-refractivity contribution in [2.24, 2.45) is 5.92 Å². The van der Waals surface area contributed by atoms with Crippen LogP contribution < -0.4 is 10.6 Å². The van der Waals surface area contributed by atoms with Crippen molar-refractivity contribution in [2.45, 2.75) is 25.7 Å². The molecule has 1 aromatic carbocycles. The van der Waals surface area contributed by atoms with Crippen LogP contribution >= 0.6 is 12.2 Å². The molecule has 3 N–H and O–H groups in total. The highest BCUT2D eigenvalue weighted by Gasteiger charge is 2.24. The first-order chi connectivity index (χ1) is 11.1. The molecule has 0 unspecified atom stereocenters. The Kier molecular flexibility index (Phi) is 4.76. The number of H-pyrrole nitrogens is 1. The number of aromatic amines is 1. The molecule has 7 heteroatoms. The molecule has 0 saturated heterocycles. The number of oxazole rings is 1. The number of benzene rings is 1. The van der Waals surface area contributed by atoms with Crippen LogP contribution in [0.4, 0.5) is 0 Å². The van der Waals surface area contributed by atoms with E-state index < -0.39 is 0 Å². The van der Waals surface area contributed by atoms with Gasteiger partial charge < -0.3 is 20.0 Å². The van der Waals surface area contributed by atoms with E-state index in [2.05, 4.69) is 15.6 Å². The van der Waals surface area contributed by atoms with E-state index in [1.165, 1.54) is 0 Å². The average molecular weight is 333 g/mol. The van der Waals surface area contributed by atoms with Gasteiger partial charge in [0.15, 0.2) is 5.58 Å². The van der Waals surface area contributed by atoms with Gasteiger partial charge in [0.2, 0.25) is 5.91 Å². The van der Waals surface area contributed by atoms with Crippen LogP contribution in [0.3, 0.4) is 0 Å². The highest BCUT2D eigenvalue weighted by Crippen LogP contribution is 2.26. The van der Waals surface area contributed by atoms with E-state index in [-0.39, 0.29) is 17.7 Å². The van der Waals surface area contributed by atoms with E-state index in [1.807, 2.05) is 0 Å². The highest BCUT2D eigenvalue weighted by molar-refractivity contribution is 7.71. The van der Waals surface area contributed by atoms with Crippen molar-refractivity contribution in [3.8, 4) is 0 Å². The molecule has 1 heterocycles. The molecule has 2 amide bonds. The summed E-state index contributed by atoms with van der Waals surface area (Å²) in [6.07, 6.45) is 3.86. The Bertz CT molecular complexity index is 776. The number of carbonyl (C=O) groups is 2. The van der Waals surface area contributed by atoms with Gasteiger partial charge in [-0.15, -0.1) is 0 Å². The number of carbonyl (C=O) groups excluding carboxylic acids is 2. The molecular formula is C16H19N3O3S. The summed E-state index contributed by atoms with van der Waals surface area (Å²) in [6.45, 7) is 1.10. The largest absolute Gasteiger partial charge is 0.429 e. The van der Waals surface area contributed by atoms with Crippen LogP contribution in [0.25, 0.3) is 11.1 Å². The van der Waals surface area contributed by atoms with Gasteiger partial charge in [0.25, 0.3) is 10.7 Å². The van der Waals surface area contributed by atoms with Crippen molar-refractivity contribution in [3.05, 3.63) is 28.6 Å². The topological polar surface area (TPSA) is 87.1 Å². The molecule has 2 aromatic rings. The molecule has 1 saturated carbocycles. The van der Waals surface area contributed by atoms with Gasteiger partial charge in [0.1, 0.15) is 0 Å². The van der Waals surface area contributed by atoms with Crippen molar-refractivity contribution in [1.82, 2.24) is 15.6 Å². The predicted octanol–water partition coefficient (Wildman–Crippen LogP) is 2.53. The normalized spacial score (nSPS) is 14.4. The lowest BCUT2D eigenvalue weighted by Gasteiger charge is -2.23. The van der Waals surface area contributed by atoms with Crippen molar-refractivity contribution >= 4 is 35.1 Å². The first-order valence-corrected chi connectivity index (χ1v) is 8.23. The number of nitrogens with one attached hydrogen (secondary N) is 3. The Morgan fingerprint density at radius 3 is 2.78 bits per heavy atom. The smallest absolute Gasteiger partial charge is 0.266 e. The second-order valence-corrected chi connectivity index (χ2v) is 6.12. The fourth-order valence-corrected chi connectivity index (χ4v) is 2.71. The number of hydrogen-bond acceptors (Lipinski definition) is 4. The second kappa shape index (κ2) is 6.95. The molecule has 0 spiro atoms. The van der Waals surface area contributed by atoms with Gasteiger partial charge in [0, 0.05) is 24.6 Å². The van der Waals surface area contributed by atoms with Gasteiger partial charge in [-0.05, 0) is 49.7 Å². The summed E-state index contributed by atoms with van der Waals surface area (Å²) >= 11 is 4.92. The maximum atomic E-state index is 12.1. The Morgan fingerprint density at radius 1 is 1.26 bits per heavy atom. The first-order valence-electron chi connectivity index (χ1n) is 7.82. The van der Waals surface area contributed by atoms with Crippen LogP contribution in [0.5, 0.6) is 0 Å². The molecule has 3 rings (SSSR count). The Morgan fingerprint density at radius 2 is 2.04 bits per heavy atom.